The summed E-state index contributed by atoms with van der Waals surface area (Å²) in [5, 5.41) is 0. The van der Waals surface area contributed by atoms with Crippen molar-refractivity contribution in [1.82, 2.24) is 0 Å². The van der Waals surface area contributed by atoms with Gasteiger partial charge in [0.05, 0.1) is 0 Å². The number of hydrogen-bond donors (Lipinski definition) is 0. The van der Waals surface area contributed by atoms with Gasteiger partial charge in [-0.3, -0.25) is 4.79 Å². The van der Waals surface area contributed by atoms with Gasteiger partial charge in [0.15, 0.2) is 0 Å². The van der Waals surface area contributed by atoms with Crippen LogP contribution in [0.15, 0.2) is 11.6 Å². The quantitative estimate of drug-likeness (QED) is 0.401. The minimum Gasteiger partial charge on any atom is -0.299 e. The lowest BCUT2D eigenvalue weighted by Crippen LogP contribution is -2.50. The maximum atomic E-state index is 12.1. The summed E-state index contributed by atoms with van der Waals surface area (Å²) in [4.78, 5) is 12.1. The zero-order valence-corrected chi connectivity index (χ0v) is 20.8. The topological polar surface area (TPSA) is 17.1 Å². The van der Waals surface area contributed by atoms with Gasteiger partial charge in [0, 0.05) is 12.8 Å². The molecule has 4 aliphatic carbocycles. The van der Waals surface area contributed by atoms with Crippen LogP contribution in [0.5, 0.6) is 0 Å². The van der Waals surface area contributed by atoms with Crippen molar-refractivity contribution in [1.29, 1.82) is 0 Å². The summed E-state index contributed by atoms with van der Waals surface area (Å²) < 4.78 is 0. The van der Waals surface area contributed by atoms with Gasteiger partial charge >= 0.3 is 0 Å². The zero-order valence-electron chi connectivity index (χ0n) is 20.8. The Morgan fingerprint density at radius 3 is 2.50 bits per heavy atom. The Bertz CT molecular complexity index is 674. The molecule has 0 spiro atoms. The molecule has 1 heteroatoms. The molecule has 0 aromatic rings. The van der Waals surface area contributed by atoms with E-state index in [0.717, 1.165) is 60.7 Å². The second kappa shape index (κ2) is 8.40. The summed E-state index contributed by atoms with van der Waals surface area (Å²) >= 11 is 0. The third kappa shape index (κ3) is 3.65. The fourth-order valence-electron chi connectivity index (χ4n) is 9.14. The highest BCUT2D eigenvalue weighted by Crippen LogP contribution is 2.67. The summed E-state index contributed by atoms with van der Waals surface area (Å²) in [5.74, 6) is 6.66. The monoisotopic (exact) mass is 412 g/mol. The van der Waals surface area contributed by atoms with Crippen LogP contribution >= 0.6 is 0 Å². The zero-order chi connectivity index (χ0) is 21.7. The first kappa shape index (κ1) is 22.6. The van der Waals surface area contributed by atoms with E-state index in [-0.39, 0.29) is 0 Å². The van der Waals surface area contributed by atoms with E-state index in [0.29, 0.717) is 16.6 Å². The summed E-state index contributed by atoms with van der Waals surface area (Å²) in [6.45, 7) is 15.0. The van der Waals surface area contributed by atoms with Crippen molar-refractivity contribution in [2.45, 2.75) is 112 Å². The third-order valence-corrected chi connectivity index (χ3v) is 11.2. The smallest absolute Gasteiger partial charge is 0.136 e. The maximum absolute atomic E-state index is 12.1. The van der Waals surface area contributed by atoms with Crippen molar-refractivity contribution < 1.29 is 4.79 Å². The molecule has 4 aliphatic rings. The molecule has 30 heavy (non-hydrogen) atoms. The lowest BCUT2D eigenvalue weighted by atomic mass is 9.47. The van der Waals surface area contributed by atoms with Crippen molar-refractivity contribution in [2.75, 3.05) is 0 Å². The Morgan fingerprint density at radius 2 is 1.80 bits per heavy atom. The second-order valence-electron chi connectivity index (χ2n) is 12.7. The van der Waals surface area contributed by atoms with Crippen molar-refractivity contribution >= 4 is 5.78 Å². The minimum atomic E-state index is 0.327. The van der Waals surface area contributed by atoms with Crippen molar-refractivity contribution in [3.63, 3.8) is 0 Å². The summed E-state index contributed by atoms with van der Waals surface area (Å²) in [6.07, 6.45) is 16.5. The highest BCUT2D eigenvalue weighted by molar-refractivity contribution is 5.82. The largest absolute Gasteiger partial charge is 0.299 e. The molecule has 8 atom stereocenters. The highest BCUT2D eigenvalue weighted by Gasteiger charge is 2.59. The maximum Gasteiger partial charge on any atom is 0.136 e. The van der Waals surface area contributed by atoms with E-state index in [1.807, 2.05) is 0 Å². The predicted molar refractivity (Wildman–Crippen MR) is 127 cm³/mol. The van der Waals surface area contributed by atoms with Gasteiger partial charge in [-0.25, -0.2) is 0 Å². The molecule has 0 heterocycles. The van der Waals surface area contributed by atoms with Crippen LogP contribution in [0.1, 0.15) is 112 Å². The Labute approximate surface area is 186 Å². The SMILES string of the molecule is CCC(CCC(C)C1CCC2C3CC=C4CC(=O)CC[C@]4(C)C3CC[C@]12C)C(C)C. The Hall–Kier alpha value is -0.590. The molecule has 0 aliphatic heterocycles. The lowest BCUT2D eigenvalue weighted by molar-refractivity contribution is -0.122. The Morgan fingerprint density at radius 1 is 1.03 bits per heavy atom. The second-order valence-corrected chi connectivity index (χ2v) is 12.7. The van der Waals surface area contributed by atoms with Crippen LogP contribution < -0.4 is 0 Å². The van der Waals surface area contributed by atoms with E-state index >= 15 is 0 Å². The van der Waals surface area contributed by atoms with Gasteiger partial charge in [0.1, 0.15) is 5.78 Å². The average molecular weight is 413 g/mol. The normalized spacial score (nSPS) is 42.9. The summed E-state index contributed by atoms with van der Waals surface area (Å²) in [5.41, 5.74) is 2.41. The number of Topliss-reactive ketones (excluding diaryl/α,β-unsaturated/α-hetero) is 1. The molecular formula is C29H48O. The van der Waals surface area contributed by atoms with Crippen LogP contribution in [0.3, 0.4) is 0 Å². The average Bonchev–Trinajstić information content (AvgIpc) is 3.06. The molecule has 3 saturated carbocycles. The number of hydrogen-bond acceptors (Lipinski definition) is 1. The van der Waals surface area contributed by atoms with Crippen LogP contribution in [0.4, 0.5) is 0 Å². The standard InChI is InChI=1S/C29H48O/c1-7-21(19(2)3)9-8-20(4)25-12-13-26-24-11-10-22-18-23(30)14-16-28(22,5)27(24)15-17-29(25,26)6/h10,19-21,24-27H,7-9,11-18H2,1-6H3/t20?,21?,24?,25?,26?,27?,28-,29+/m0/s1. The first-order valence-corrected chi connectivity index (χ1v) is 13.4. The van der Waals surface area contributed by atoms with Gasteiger partial charge in [-0.15, -0.1) is 0 Å². The Balaban J connectivity index is 1.48. The fourth-order valence-corrected chi connectivity index (χ4v) is 9.14. The van der Waals surface area contributed by atoms with E-state index in [1.54, 1.807) is 0 Å². The molecule has 0 saturated heterocycles. The van der Waals surface area contributed by atoms with Crippen LogP contribution in [0, 0.1) is 52.3 Å². The number of allylic oxidation sites excluding steroid dienone is 2. The van der Waals surface area contributed by atoms with E-state index in [9.17, 15) is 4.79 Å². The van der Waals surface area contributed by atoms with E-state index in [4.69, 9.17) is 0 Å². The van der Waals surface area contributed by atoms with E-state index in [2.05, 4.69) is 47.6 Å². The van der Waals surface area contributed by atoms with Crippen LogP contribution in [0.2, 0.25) is 0 Å². The van der Waals surface area contributed by atoms with Gasteiger partial charge in [0.2, 0.25) is 0 Å². The number of fused-ring (bicyclic) bond motifs is 5. The van der Waals surface area contributed by atoms with Crippen molar-refractivity contribution in [2.24, 2.45) is 52.3 Å². The molecule has 170 valence electrons. The first-order chi connectivity index (χ1) is 14.2. The van der Waals surface area contributed by atoms with Gasteiger partial charge in [0.25, 0.3) is 0 Å². The van der Waals surface area contributed by atoms with Gasteiger partial charge < -0.3 is 0 Å². The molecular weight excluding hydrogens is 364 g/mol. The van der Waals surface area contributed by atoms with Crippen molar-refractivity contribution in [3.05, 3.63) is 11.6 Å². The molecule has 0 aromatic carbocycles. The van der Waals surface area contributed by atoms with Gasteiger partial charge in [-0.1, -0.05) is 66.0 Å². The van der Waals surface area contributed by atoms with Gasteiger partial charge in [-0.05, 0) is 97.2 Å². The summed E-state index contributed by atoms with van der Waals surface area (Å²) in [6, 6.07) is 0. The van der Waals surface area contributed by atoms with Gasteiger partial charge in [-0.2, -0.15) is 0 Å². The molecule has 0 aromatic heterocycles. The number of rotatable bonds is 6. The molecule has 1 nitrogen and oxygen atoms in total. The number of carbonyl (C=O) groups excluding carboxylic acids is 1. The Kier molecular flexibility index (Phi) is 6.33. The molecule has 0 radical (unpaired) electrons. The first-order valence-electron chi connectivity index (χ1n) is 13.4. The highest BCUT2D eigenvalue weighted by atomic mass is 16.1. The van der Waals surface area contributed by atoms with Crippen molar-refractivity contribution in [3.8, 4) is 0 Å². The lowest BCUT2D eigenvalue weighted by Gasteiger charge is -2.58. The van der Waals surface area contributed by atoms with Crippen LogP contribution in [0.25, 0.3) is 0 Å². The molecule has 4 rings (SSSR count). The van der Waals surface area contributed by atoms with Crippen LogP contribution in [-0.4, -0.2) is 5.78 Å². The van der Waals surface area contributed by atoms with Crippen LogP contribution in [-0.2, 0) is 4.79 Å². The molecule has 6 unspecified atom stereocenters. The fraction of sp³-hybridized carbons (Fsp3) is 0.897. The molecule has 0 amide bonds. The molecule has 0 N–H and O–H groups in total. The van der Waals surface area contributed by atoms with E-state index < -0.39 is 0 Å². The van der Waals surface area contributed by atoms with E-state index in [1.165, 1.54) is 56.9 Å². The third-order valence-electron chi connectivity index (χ3n) is 11.2. The summed E-state index contributed by atoms with van der Waals surface area (Å²) in [7, 11) is 0. The minimum absolute atomic E-state index is 0.327. The predicted octanol–water partition coefficient (Wildman–Crippen LogP) is 8.23. The molecule has 3 fully saturated rings. The molecule has 0 bridgehead atoms. The number of carbonyl (C=O) groups is 1. The number of ketones is 1.